The van der Waals surface area contributed by atoms with Crippen molar-refractivity contribution in [3.05, 3.63) is 54.1 Å². The summed E-state index contributed by atoms with van der Waals surface area (Å²) in [5.74, 6) is -1.09. The summed E-state index contributed by atoms with van der Waals surface area (Å²) < 4.78 is 15.4. The van der Waals surface area contributed by atoms with Gasteiger partial charge in [0.25, 0.3) is 5.91 Å². The van der Waals surface area contributed by atoms with Crippen LogP contribution in [0.4, 0.5) is 4.39 Å². The van der Waals surface area contributed by atoms with E-state index in [2.05, 4.69) is 22.1 Å². The first-order valence-corrected chi connectivity index (χ1v) is 8.43. The molecule has 0 spiro atoms. The zero-order chi connectivity index (χ0) is 18.4. The van der Waals surface area contributed by atoms with Crippen LogP contribution in [0.1, 0.15) is 29.1 Å². The maximum absolute atomic E-state index is 13.7. The Labute approximate surface area is 148 Å². The molecule has 0 saturated carbocycles. The molecular weight excluding hydrogens is 345 g/mol. The molecule has 0 saturated heterocycles. The number of primary amides is 1. The van der Waals surface area contributed by atoms with Gasteiger partial charge in [0, 0.05) is 6.54 Å². The average molecular weight is 363 g/mol. The van der Waals surface area contributed by atoms with Gasteiger partial charge in [-0.05, 0) is 19.1 Å². The fraction of sp³-hybridized carbons (Fsp3) is 0.250. The molecule has 7 nitrogen and oxygen atoms in total. The number of hydrogen-bond donors (Lipinski definition) is 2. The first-order valence-electron chi connectivity index (χ1n) is 7.44. The van der Waals surface area contributed by atoms with Crippen LogP contribution in [0.2, 0.25) is 0 Å². The number of nitrogens with two attached hydrogens (primary N) is 1. The van der Waals surface area contributed by atoms with Crippen LogP contribution >= 0.6 is 11.8 Å². The van der Waals surface area contributed by atoms with E-state index in [0.29, 0.717) is 17.5 Å². The van der Waals surface area contributed by atoms with Gasteiger partial charge in [0.05, 0.1) is 17.4 Å². The van der Waals surface area contributed by atoms with Gasteiger partial charge in [-0.25, -0.2) is 4.39 Å². The lowest BCUT2D eigenvalue weighted by Crippen LogP contribution is -2.29. The summed E-state index contributed by atoms with van der Waals surface area (Å²) in [7, 11) is 0. The van der Waals surface area contributed by atoms with Gasteiger partial charge in [-0.3, -0.25) is 9.59 Å². The molecule has 0 aliphatic carbocycles. The highest BCUT2D eigenvalue weighted by atomic mass is 32.2. The summed E-state index contributed by atoms with van der Waals surface area (Å²) in [6, 6.07) is 5.20. The third-order valence-corrected chi connectivity index (χ3v) is 4.24. The summed E-state index contributed by atoms with van der Waals surface area (Å²) >= 11 is 1.15. The van der Waals surface area contributed by atoms with Crippen molar-refractivity contribution in [2.45, 2.75) is 24.7 Å². The third-order valence-electron chi connectivity index (χ3n) is 3.25. The van der Waals surface area contributed by atoms with Crippen molar-refractivity contribution in [2.24, 2.45) is 5.73 Å². The van der Waals surface area contributed by atoms with Crippen LogP contribution in [0, 0.1) is 5.82 Å². The van der Waals surface area contributed by atoms with Gasteiger partial charge in [0.15, 0.2) is 11.0 Å². The minimum Gasteiger partial charge on any atom is -0.369 e. The van der Waals surface area contributed by atoms with Gasteiger partial charge in [0.1, 0.15) is 5.82 Å². The van der Waals surface area contributed by atoms with E-state index in [1.165, 1.54) is 18.2 Å². The van der Waals surface area contributed by atoms with E-state index in [9.17, 15) is 14.0 Å². The molecule has 2 amide bonds. The molecule has 2 aromatic rings. The Kier molecular flexibility index (Phi) is 6.29. The normalized spacial score (nSPS) is 11.8. The molecular formula is C16H18FN5O2S. The predicted molar refractivity (Wildman–Crippen MR) is 92.4 cm³/mol. The number of nitrogens with zero attached hydrogens (tertiary/aromatic N) is 3. The van der Waals surface area contributed by atoms with Gasteiger partial charge in [-0.15, -0.1) is 16.8 Å². The first-order chi connectivity index (χ1) is 11.9. The summed E-state index contributed by atoms with van der Waals surface area (Å²) in [6.07, 6.45) is 1.65. The number of rotatable bonds is 8. The molecule has 1 aromatic carbocycles. The van der Waals surface area contributed by atoms with Crippen molar-refractivity contribution < 1.29 is 14.0 Å². The van der Waals surface area contributed by atoms with Crippen molar-refractivity contribution >= 4 is 23.6 Å². The standard InChI is InChI=1S/C16H18FN5O2S/c1-3-8-22-14(20-21-16(22)25-9-13(18)23)10(2)19-15(24)11-6-4-5-7-12(11)17/h3-7,10H,1,8-9H2,2H3,(H2,18,23)(H,19,24). The minimum absolute atomic E-state index is 0.0486. The number of benzene rings is 1. The van der Waals surface area contributed by atoms with E-state index in [1.807, 2.05) is 0 Å². The topological polar surface area (TPSA) is 103 Å². The molecule has 0 aliphatic heterocycles. The summed E-state index contributed by atoms with van der Waals surface area (Å²) in [6.45, 7) is 5.78. The minimum atomic E-state index is -0.600. The quantitative estimate of drug-likeness (QED) is 0.549. The van der Waals surface area contributed by atoms with E-state index in [0.717, 1.165) is 11.8 Å². The second kappa shape index (κ2) is 8.43. The molecule has 2 rings (SSSR count). The van der Waals surface area contributed by atoms with Gasteiger partial charge in [-0.2, -0.15) is 0 Å². The SMILES string of the molecule is C=CCn1c(SCC(N)=O)nnc1C(C)NC(=O)c1ccccc1F. The fourth-order valence-corrected chi connectivity index (χ4v) is 2.84. The van der Waals surface area contributed by atoms with Crippen LogP contribution in [0.25, 0.3) is 0 Å². The zero-order valence-corrected chi connectivity index (χ0v) is 14.4. The van der Waals surface area contributed by atoms with Crippen LogP contribution in [-0.2, 0) is 11.3 Å². The molecule has 1 aromatic heterocycles. The van der Waals surface area contributed by atoms with Crippen LogP contribution in [0.5, 0.6) is 0 Å². The number of allylic oxidation sites excluding steroid dienone is 1. The maximum Gasteiger partial charge on any atom is 0.254 e. The molecule has 132 valence electrons. The summed E-state index contributed by atoms with van der Waals surface area (Å²) in [4.78, 5) is 23.2. The first kappa shape index (κ1) is 18.7. The average Bonchev–Trinajstić information content (AvgIpc) is 2.96. The monoisotopic (exact) mass is 363 g/mol. The predicted octanol–water partition coefficient (Wildman–Crippen LogP) is 1.67. The Hall–Kier alpha value is -2.68. The highest BCUT2D eigenvalue weighted by Gasteiger charge is 2.21. The second-order valence-electron chi connectivity index (χ2n) is 5.17. The smallest absolute Gasteiger partial charge is 0.254 e. The number of amides is 2. The Balaban J connectivity index is 2.19. The van der Waals surface area contributed by atoms with Crippen LogP contribution in [0.15, 0.2) is 42.1 Å². The molecule has 25 heavy (non-hydrogen) atoms. The van der Waals surface area contributed by atoms with Gasteiger partial charge >= 0.3 is 0 Å². The lowest BCUT2D eigenvalue weighted by molar-refractivity contribution is -0.115. The van der Waals surface area contributed by atoms with E-state index >= 15 is 0 Å². The maximum atomic E-state index is 13.7. The van der Waals surface area contributed by atoms with Crippen LogP contribution in [-0.4, -0.2) is 32.3 Å². The molecule has 0 radical (unpaired) electrons. The molecule has 0 fully saturated rings. The number of nitrogens with one attached hydrogen (secondary N) is 1. The summed E-state index contributed by atoms with van der Waals surface area (Å²) in [5.41, 5.74) is 5.10. The van der Waals surface area contributed by atoms with Crippen molar-refractivity contribution in [3.8, 4) is 0 Å². The molecule has 9 heteroatoms. The molecule has 1 unspecified atom stereocenters. The number of carbonyl (C=O) groups is 2. The number of carbonyl (C=O) groups excluding carboxylic acids is 2. The van der Waals surface area contributed by atoms with E-state index < -0.39 is 23.7 Å². The molecule has 0 aliphatic rings. The summed E-state index contributed by atoms with van der Waals surface area (Å²) in [5, 5.41) is 11.3. The zero-order valence-electron chi connectivity index (χ0n) is 13.6. The largest absolute Gasteiger partial charge is 0.369 e. The van der Waals surface area contributed by atoms with E-state index in [-0.39, 0.29) is 11.3 Å². The number of aromatic nitrogens is 3. The molecule has 1 heterocycles. The number of halogens is 1. The highest BCUT2D eigenvalue weighted by molar-refractivity contribution is 7.99. The molecule has 0 bridgehead atoms. The highest BCUT2D eigenvalue weighted by Crippen LogP contribution is 2.21. The van der Waals surface area contributed by atoms with Gasteiger partial charge in [0.2, 0.25) is 5.91 Å². The van der Waals surface area contributed by atoms with Crippen molar-refractivity contribution in [1.29, 1.82) is 0 Å². The van der Waals surface area contributed by atoms with Crippen LogP contribution in [0.3, 0.4) is 0 Å². The molecule has 1 atom stereocenters. The van der Waals surface area contributed by atoms with Crippen molar-refractivity contribution in [3.63, 3.8) is 0 Å². The third kappa shape index (κ3) is 4.66. The van der Waals surface area contributed by atoms with Crippen molar-refractivity contribution in [1.82, 2.24) is 20.1 Å². The number of hydrogen-bond acceptors (Lipinski definition) is 5. The number of thioether (sulfide) groups is 1. The van der Waals surface area contributed by atoms with E-state index in [1.54, 1.807) is 23.6 Å². The van der Waals surface area contributed by atoms with Gasteiger partial charge < -0.3 is 15.6 Å². The fourth-order valence-electron chi connectivity index (χ4n) is 2.15. The Bertz CT molecular complexity index is 793. The van der Waals surface area contributed by atoms with E-state index in [4.69, 9.17) is 5.73 Å². The van der Waals surface area contributed by atoms with Crippen molar-refractivity contribution in [2.75, 3.05) is 5.75 Å². The Morgan fingerprint density at radius 2 is 2.16 bits per heavy atom. The van der Waals surface area contributed by atoms with Gasteiger partial charge in [-0.1, -0.05) is 30.0 Å². The molecule has 3 N–H and O–H groups in total. The lowest BCUT2D eigenvalue weighted by Gasteiger charge is -2.15. The Morgan fingerprint density at radius 3 is 2.80 bits per heavy atom. The lowest BCUT2D eigenvalue weighted by atomic mass is 10.2. The Morgan fingerprint density at radius 1 is 1.44 bits per heavy atom. The second-order valence-corrected chi connectivity index (χ2v) is 6.11. The van der Waals surface area contributed by atoms with Crippen LogP contribution < -0.4 is 11.1 Å².